The Labute approximate surface area is 140 Å². The van der Waals surface area contributed by atoms with Gasteiger partial charge in [-0.2, -0.15) is 0 Å². The van der Waals surface area contributed by atoms with E-state index in [0.29, 0.717) is 12.6 Å². The normalized spacial score (nSPS) is 20.0. The lowest BCUT2D eigenvalue weighted by Gasteiger charge is -2.22. The Morgan fingerprint density at radius 3 is 3.00 bits per heavy atom. The van der Waals surface area contributed by atoms with Crippen molar-refractivity contribution in [3.8, 4) is 0 Å². The van der Waals surface area contributed by atoms with E-state index in [0.717, 1.165) is 29.7 Å². The maximum Gasteiger partial charge on any atom is 0.290 e. The average Bonchev–Trinajstić information content (AvgIpc) is 2.98. The van der Waals surface area contributed by atoms with Gasteiger partial charge in [0, 0.05) is 11.3 Å². The molecule has 122 valence electrons. The molecule has 2 aliphatic rings. The molecule has 5 heteroatoms. The van der Waals surface area contributed by atoms with Gasteiger partial charge in [-0.15, -0.1) is 0 Å². The first kappa shape index (κ1) is 14.8. The van der Waals surface area contributed by atoms with Gasteiger partial charge >= 0.3 is 0 Å². The number of benzene rings is 2. The molecule has 0 bridgehead atoms. The number of aryl methyl sites for hydroxylation is 1. The Bertz CT molecular complexity index is 829. The van der Waals surface area contributed by atoms with Crippen molar-refractivity contribution in [1.82, 2.24) is 0 Å². The van der Waals surface area contributed by atoms with Crippen molar-refractivity contribution in [2.75, 3.05) is 5.32 Å². The number of rotatable bonds is 3. The van der Waals surface area contributed by atoms with Crippen LogP contribution < -0.4 is 11.1 Å². The number of nitrogens with two attached hydrogens (primary N) is 1. The minimum absolute atomic E-state index is 0.152. The highest BCUT2D eigenvalue weighted by molar-refractivity contribution is 5.92. The van der Waals surface area contributed by atoms with E-state index < -0.39 is 0 Å². The standard InChI is InChI=1S/C19H19N3O2/c20-18(23)10-12-5-7-16-14(9-12)11-24-19(21-16)22-17-8-6-13-3-1-2-4-15(13)17/h1-5,7,9,17H,6,8,10-11H2,(H2,20,23)(H,21,22)/t17-/m1/s1. The summed E-state index contributed by atoms with van der Waals surface area (Å²) in [7, 11) is 0. The van der Waals surface area contributed by atoms with Crippen LogP contribution in [0.15, 0.2) is 47.5 Å². The Morgan fingerprint density at radius 1 is 1.25 bits per heavy atom. The molecule has 1 amide bonds. The van der Waals surface area contributed by atoms with Crippen LogP contribution >= 0.6 is 0 Å². The molecule has 1 aliphatic heterocycles. The topological polar surface area (TPSA) is 76.7 Å². The van der Waals surface area contributed by atoms with Gasteiger partial charge < -0.3 is 15.8 Å². The molecule has 5 nitrogen and oxygen atoms in total. The Kier molecular flexibility index (Phi) is 3.69. The lowest BCUT2D eigenvalue weighted by atomic mass is 10.1. The molecule has 0 fully saturated rings. The van der Waals surface area contributed by atoms with E-state index in [2.05, 4.69) is 29.6 Å². The van der Waals surface area contributed by atoms with Crippen molar-refractivity contribution in [2.24, 2.45) is 10.7 Å². The second-order valence-electron chi connectivity index (χ2n) is 6.24. The number of carbonyl (C=O) groups is 1. The molecular weight excluding hydrogens is 302 g/mol. The quantitative estimate of drug-likeness (QED) is 0.912. The fourth-order valence-electron chi connectivity index (χ4n) is 3.38. The van der Waals surface area contributed by atoms with E-state index >= 15 is 0 Å². The summed E-state index contributed by atoms with van der Waals surface area (Å²) in [6, 6.07) is 15.0. The number of nitrogens with one attached hydrogen (secondary N) is 1. The monoisotopic (exact) mass is 321 g/mol. The third kappa shape index (κ3) is 2.85. The number of hydrogen-bond donors (Lipinski definition) is 2. The van der Waals surface area contributed by atoms with Crippen LogP contribution in [0.2, 0.25) is 0 Å². The Morgan fingerprint density at radius 2 is 2.12 bits per heavy atom. The SMILES string of the molecule is NC(=O)Cc1ccc2c(c1)COC(=N[C@@H]1CCc3ccccc31)N2. The highest BCUT2D eigenvalue weighted by atomic mass is 16.5. The summed E-state index contributed by atoms with van der Waals surface area (Å²) in [5.41, 5.74) is 10.8. The van der Waals surface area contributed by atoms with Gasteiger partial charge in [0.2, 0.25) is 5.91 Å². The van der Waals surface area contributed by atoms with Crippen molar-refractivity contribution in [1.29, 1.82) is 0 Å². The molecule has 1 aliphatic carbocycles. The molecule has 2 aromatic rings. The molecule has 0 aromatic heterocycles. The molecular formula is C19H19N3O2. The summed E-state index contributed by atoms with van der Waals surface area (Å²) in [5, 5.41) is 3.25. The van der Waals surface area contributed by atoms with Crippen LogP contribution in [0.4, 0.5) is 5.69 Å². The molecule has 0 saturated carbocycles. The van der Waals surface area contributed by atoms with E-state index in [-0.39, 0.29) is 18.4 Å². The summed E-state index contributed by atoms with van der Waals surface area (Å²) >= 11 is 0. The summed E-state index contributed by atoms with van der Waals surface area (Å²) in [6.07, 6.45) is 2.32. The lowest BCUT2D eigenvalue weighted by molar-refractivity contribution is -0.117. The largest absolute Gasteiger partial charge is 0.460 e. The third-order valence-electron chi connectivity index (χ3n) is 4.53. The van der Waals surface area contributed by atoms with Crippen molar-refractivity contribution < 1.29 is 9.53 Å². The molecule has 24 heavy (non-hydrogen) atoms. The maximum absolute atomic E-state index is 11.0. The number of ether oxygens (including phenoxy) is 1. The second kappa shape index (κ2) is 6.00. The Hall–Kier alpha value is -2.82. The predicted octanol–water partition coefficient (Wildman–Crippen LogP) is 2.70. The number of nitrogens with zero attached hydrogens (tertiary/aromatic N) is 1. The second-order valence-corrected chi connectivity index (χ2v) is 6.24. The fourth-order valence-corrected chi connectivity index (χ4v) is 3.38. The van der Waals surface area contributed by atoms with Crippen molar-refractivity contribution in [2.45, 2.75) is 31.9 Å². The predicted molar refractivity (Wildman–Crippen MR) is 92.7 cm³/mol. The zero-order chi connectivity index (χ0) is 16.5. The Balaban J connectivity index is 1.54. The van der Waals surface area contributed by atoms with Crippen LogP contribution in [-0.2, 0) is 29.0 Å². The number of aliphatic imine (C=N–C) groups is 1. The van der Waals surface area contributed by atoms with Crippen LogP contribution in [0.25, 0.3) is 0 Å². The van der Waals surface area contributed by atoms with Gasteiger partial charge in [0.1, 0.15) is 6.61 Å². The average molecular weight is 321 g/mol. The number of anilines is 1. The molecule has 0 saturated heterocycles. The van der Waals surface area contributed by atoms with E-state index in [1.807, 2.05) is 18.2 Å². The first-order valence-electron chi connectivity index (χ1n) is 8.14. The minimum atomic E-state index is -0.332. The summed E-state index contributed by atoms with van der Waals surface area (Å²) in [6.45, 7) is 0.447. The highest BCUT2D eigenvalue weighted by Crippen LogP contribution is 2.34. The number of hydrogen-bond acceptors (Lipinski definition) is 3. The molecule has 0 spiro atoms. The fraction of sp³-hybridized carbons (Fsp3) is 0.263. The minimum Gasteiger partial charge on any atom is -0.460 e. The van der Waals surface area contributed by atoms with Gasteiger partial charge in [-0.3, -0.25) is 4.79 Å². The van der Waals surface area contributed by atoms with Crippen molar-refractivity contribution >= 4 is 17.6 Å². The van der Waals surface area contributed by atoms with E-state index in [9.17, 15) is 4.79 Å². The molecule has 0 unspecified atom stereocenters. The van der Waals surface area contributed by atoms with E-state index in [1.165, 1.54) is 11.1 Å². The number of amides is 1. The first-order valence-corrected chi connectivity index (χ1v) is 8.14. The van der Waals surface area contributed by atoms with Gasteiger partial charge in [0.25, 0.3) is 6.02 Å². The van der Waals surface area contributed by atoms with Crippen molar-refractivity contribution in [3.05, 3.63) is 64.7 Å². The zero-order valence-electron chi connectivity index (χ0n) is 13.3. The first-order chi connectivity index (χ1) is 11.7. The number of carbonyl (C=O) groups excluding carboxylic acids is 1. The molecule has 1 heterocycles. The smallest absolute Gasteiger partial charge is 0.290 e. The van der Waals surface area contributed by atoms with Gasteiger partial charge in [-0.05, 0) is 41.7 Å². The zero-order valence-corrected chi connectivity index (χ0v) is 13.3. The van der Waals surface area contributed by atoms with E-state index in [4.69, 9.17) is 15.5 Å². The third-order valence-corrected chi connectivity index (χ3v) is 4.53. The summed E-state index contributed by atoms with van der Waals surface area (Å²) in [5.74, 6) is -0.332. The number of primary amides is 1. The molecule has 4 rings (SSSR count). The van der Waals surface area contributed by atoms with Crippen LogP contribution in [0, 0.1) is 0 Å². The van der Waals surface area contributed by atoms with Gasteiger partial charge in [-0.25, -0.2) is 4.99 Å². The van der Waals surface area contributed by atoms with Gasteiger partial charge in [0.15, 0.2) is 0 Å². The van der Waals surface area contributed by atoms with E-state index in [1.54, 1.807) is 0 Å². The highest BCUT2D eigenvalue weighted by Gasteiger charge is 2.23. The maximum atomic E-state index is 11.0. The van der Waals surface area contributed by atoms with Crippen molar-refractivity contribution in [3.63, 3.8) is 0 Å². The van der Waals surface area contributed by atoms with Crippen LogP contribution in [0.1, 0.15) is 34.7 Å². The number of amidine groups is 1. The molecule has 1 atom stereocenters. The summed E-state index contributed by atoms with van der Waals surface area (Å²) in [4.78, 5) is 15.8. The number of fused-ring (bicyclic) bond motifs is 2. The lowest BCUT2D eigenvalue weighted by Crippen LogP contribution is -2.23. The van der Waals surface area contributed by atoms with Gasteiger partial charge in [0.05, 0.1) is 12.5 Å². The van der Waals surface area contributed by atoms with Crippen LogP contribution in [0.3, 0.4) is 0 Å². The van der Waals surface area contributed by atoms with Crippen LogP contribution in [-0.4, -0.2) is 11.9 Å². The molecule has 2 aromatic carbocycles. The van der Waals surface area contributed by atoms with Crippen LogP contribution in [0.5, 0.6) is 0 Å². The van der Waals surface area contributed by atoms with Gasteiger partial charge in [-0.1, -0.05) is 30.3 Å². The molecule has 0 radical (unpaired) electrons. The molecule has 3 N–H and O–H groups in total. The summed E-state index contributed by atoms with van der Waals surface area (Å²) < 4.78 is 5.76.